The molecule has 0 aliphatic heterocycles. The molecule has 2 atom stereocenters. The van der Waals surface area contributed by atoms with Crippen LogP contribution in [-0.4, -0.2) is 55.1 Å². The Morgan fingerprint density at radius 3 is 2.85 bits per heavy atom. The Morgan fingerprint density at radius 1 is 1.45 bits per heavy atom. The summed E-state index contributed by atoms with van der Waals surface area (Å²) >= 11 is 0. The number of ether oxygens (including phenoxy) is 2. The van der Waals surface area contributed by atoms with Gasteiger partial charge in [0.05, 0.1) is 38.2 Å². The third kappa shape index (κ3) is 5.25. The van der Waals surface area contributed by atoms with E-state index in [1.165, 1.54) is 12.8 Å². The van der Waals surface area contributed by atoms with Crippen LogP contribution in [0.15, 0.2) is 22.8 Å². The molecule has 0 radical (unpaired) electrons. The van der Waals surface area contributed by atoms with Crippen LogP contribution in [0.5, 0.6) is 0 Å². The van der Waals surface area contributed by atoms with Crippen molar-refractivity contribution in [3.05, 3.63) is 24.2 Å². The molecule has 1 saturated carbocycles. The van der Waals surface area contributed by atoms with Gasteiger partial charge in [-0.2, -0.15) is 0 Å². The molecule has 1 aliphatic carbocycles. The molecular formula is C15H25NO4. The second-order valence-corrected chi connectivity index (χ2v) is 5.49. The van der Waals surface area contributed by atoms with E-state index >= 15 is 0 Å². The largest absolute Gasteiger partial charge is 0.468 e. The van der Waals surface area contributed by atoms with Crippen LogP contribution in [0.25, 0.3) is 0 Å². The van der Waals surface area contributed by atoms with Crippen molar-refractivity contribution in [1.29, 1.82) is 0 Å². The van der Waals surface area contributed by atoms with Gasteiger partial charge in [0.25, 0.3) is 0 Å². The van der Waals surface area contributed by atoms with E-state index < -0.39 is 6.10 Å². The van der Waals surface area contributed by atoms with E-state index in [0.29, 0.717) is 25.8 Å². The first-order chi connectivity index (χ1) is 9.69. The molecule has 0 spiro atoms. The van der Waals surface area contributed by atoms with Crippen molar-refractivity contribution >= 4 is 0 Å². The fourth-order valence-corrected chi connectivity index (χ4v) is 2.27. The van der Waals surface area contributed by atoms with Crippen LogP contribution < -0.4 is 0 Å². The van der Waals surface area contributed by atoms with Crippen molar-refractivity contribution in [2.24, 2.45) is 0 Å². The van der Waals surface area contributed by atoms with Gasteiger partial charge in [0.1, 0.15) is 5.76 Å². The lowest BCUT2D eigenvalue weighted by Crippen LogP contribution is -2.37. The molecule has 0 saturated heterocycles. The highest BCUT2D eigenvalue weighted by Gasteiger charge is 2.30. The van der Waals surface area contributed by atoms with Gasteiger partial charge in [-0.05, 0) is 31.9 Å². The van der Waals surface area contributed by atoms with Crippen molar-refractivity contribution in [2.45, 2.75) is 44.6 Å². The van der Waals surface area contributed by atoms with E-state index in [-0.39, 0.29) is 6.10 Å². The number of hydrogen-bond acceptors (Lipinski definition) is 5. The van der Waals surface area contributed by atoms with Crippen molar-refractivity contribution in [3.8, 4) is 0 Å². The number of methoxy groups -OCH3 is 1. The first-order valence-electron chi connectivity index (χ1n) is 7.24. The van der Waals surface area contributed by atoms with Gasteiger partial charge in [0.15, 0.2) is 0 Å². The number of rotatable bonds is 10. The number of aliphatic hydroxyl groups is 1. The molecule has 1 aliphatic rings. The SMILES string of the molecule is COCC(C)OCC(O)CN(Cc1ccco1)C1CC1. The monoisotopic (exact) mass is 283 g/mol. The summed E-state index contributed by atoms with van der Waals surface area (Å²) in [6.45, 7) is 4.20. The summed E-state index contributed by atoms with van der Waals surface area (Å²) in [4.78, 5) is 2.27. The van der Waals surface area contributed by atoms with E-state index in [4.69, 9.17) is 13.9 Å². The second-order valence-electron chi connectivity index (χ2n) is 5.49. The van der Waals surface area contributed by atoms with Crippen LogP contribution in [0, 0.1) is 0 Å². The Kier molecular flexibility index (Phi) is 6.04. The van der Waals surface area contributed by atoms with E-state index in [2.05, 4.69) is 4.90 Å². The van der Waals surface area contributed by atoms with Crippen LogP contribution in [0.3, 0.4) is 0 Å². The average Bonchev–Trinajstić information content (AvgIpc) is 3.15. The highest BCUT2D eigenvalue weighted by molar-refractivity contribution is 5.00. The predicted molar refractivity (Wildman–Crippen MR) is 75.4 cm³/mol. The molecule has 0 bridgehead atoms. The fraction of sp³-hybridized carbons (Fsp3) is 0.733. The first-order valence-corrected chi connectivity index (χ1v) is 7.24. The topological polar surface area (TPSA) is 55.1 Å². The van der Waals surface area contributed by atoms with Gasteiger partial charge >= 0.3 is 0 Å². The smallest absolute Gasteiger partial charge is 0.117 e. The maximum atomic E-state index is 10.1. The first kappa shape index (κ1) is 15.5. The van der Waals surface area contributed by atoms with Crippen LogP contribution in [-0.2, 0) is 16.0 Å². The molecule has 0 amide bonds. The zero-order valence-electron chi connectivity index (χ0n) is 12.3. The minimum Gasteiger partial charge on any atom is -0.468 e. The summed E-state index contributed by atoms with van der Waals surface area (Å²) in [5, 5.41) is 10.1. The van der Waals surface area contributed by atoms with E-state index in [9.17, 15) is 5.11 Å². The van der Waals surface area contributed by atoms with Gasteiger partial charge < -0.3 is 19.0 Å². The lowest BCUT2D eigenvalue weighted by Gasteiger charge is -2.24. The van der Waals surface area contributed by atoms with Crippen LogP contribution in [0.1, 0.15) is 25.5 Å². The molecule has 1 fully saturated rings. The Labute approximate surface area is 120 Å². The third-order valence-corrected chi connectivity index (χ3v) is 3.42. The quantitative estimate of drug-likeness (QED) is 0.707. The van der Waals surface area contributed by atoms with E-state index in [0.717, 1.165) is 12.3 Å². The van der Waals surface area contributed by atoms with Gasteiger partial charge in [0.2, 0.25) is 0 Å². The molecule has 114 valence electrons. The maximum absolute atomic E-state index is 10.1. The summed E-state index contributed by atoms with van der Waals surface area (Å²) in [7, 11) is 1.65. The van der Waals surface area contributed by atoms with Gasteiger partial charge in [-0.3, -0.25) is 4.90 Å². The molecular weight excluding hydrogens is 258 g/mol. The molecule has 5 heteroatoms. The number of hydrogen-bond donors (Lipinski definition) is 1. The lowest BCUT2D eigenvalue weighted by molar-refractivity contribution is -0.0413. The van der Waals surface area contributed by atoms with Gasteiger partial charge in [-0.1, -0.05) is 0 Å². The van der Waals surface area contributed by atoms with Crippen molar-refractivity contribution in [3.63, 3.8) is 0 Å². The molecule has 1 N–H and O–H groups in total. The molecule has 1 aromatic rings. The van der Waals surface area contributed by atoms with Gasteiger partial charge in [0, 0.05) is 19.7 Å². The Bertz CT molecular complexity index is 364. The third-order valence-electron chi connectivity index (χ3n) is 3.42. The van der Waals surface area contributed by atoms with Crippen molar-refractivity contribution in [1.82, 2.24) is 4.90 Å². The molecule has 20 heavy (non-hydrogen) atoms. The Hall–Kier alpha value is -0.880. The van der Waals surface area contributed by atoms with E-state index in [1.54, 1.807) is 13.4 Å². The lowest BCUT2D eigenvalue weighted by atomic mass is 10.3. The summed E-state index contributed by atoms with van der Waals surface area (Å²) in [5.74, 6) is 0.942. The maximum Gasteiger partial charge on any atom is 0.117 e. The minimum absolute atomic E-state index is 0.00842. The number of nitrogens with zero attached hydrogens (tertiary/aromatic N) is 1. The Balaban J connectivity index is 1.73. The summed E-state index contributed by atoms with van der Waals surface area (Å²) < 4.78 is 15.9. The molecule has 1 aromatic heterocycles. The van der Waals surface area contributed by atoms with Crippen molar-refractivity contribution < 1.29 is 19.0 Å². The second kappa shape index (κ2) is 7.78. The fourth-order valence-electron chi connectivity index (χ4n) is 2.27. The minimum atomic E-state index is -0.482. The molecule has 2 unspecified atom stereocenters. The standard InChI is InChI=1S/C15H25NO4/c1-12(10-18-2)20-11-14(17)8-16(13-5-6-13)9-15-4-3-7-19-15/h3-4,7,12-14,17H,5-6,8-11H2,1-2H3. The highest BCUT2D eigenvalue weighted by Crippen LogP contribution is 2.28. The summed E-state index contributed by atoms with van der Waals surface area (Å²) in [6.07, 6.45) is 3.62. The van der Waals surface area contributed by atoms with E-state index in [1.807, 2.05) is 19.1 Å². The van der Waals surface area contributed by atoms with Crippen molar-refractivity contribution in [2.75, 3.05) is 26.9 Å². The zero-order valence-corrected chi connectivity index (χ0v) is 12.3. The molecule has 5 nitrogen and oxygen atoms in total. The average molecular weight is 283 g/mol. The predicted octanol–water partition coefficient (Wildman–Crippen LogP) is 1.66. The highest BCUT2D eigenvalue weighted by atomic mass is 16.5. The van der Waals surface area contributed by atoms with Gasteiger partial charge in [-0.15, -0.1) is 0 Å². The Morgan fingerprint density at radius 2 is 2.25 bits per heavy atom. The van der Waals surface area contributed by atoms with Crippen LogP contribution >= 0.6 is 0 Å². The summed E-state index contributed by atoms with van der Waals surface area (Å²) in [6, 6.07) is 4.44. The number of furan rings is 1. The van der Waals surface area contributed by atoms with Crippen LogP contribution in [0.4, 0.5) is 0 Å². The van der Waals surface area contributed by atoms with Gasteiger partial charge in [-0.25, -0.2) is 0 Å². The number of aliphatic hydroxyl groups excluding tert-OH is 1. The molecule has 2 rings (SSSR count). The molecule has 0 aromatic carbocycles. The molecule has 1 heterocycles. The van der Waals surface area contributed by atoms with Crippen LogP contribution in [0.2, 0.25) is 0 Å². The zero-order chi connectivity index (χ0) is 14.4. The normalized spacial score (nSPS) is 18.4. The summed E-state index contributed by atoms with van der Waals surface area (Å²) in [5.41, 5.74) is 0.